The molecule has 2 aromatic rings. The molecular weight excluding hydrogens is 306 g/mol. The monoisotopic (exact) mass is 321 g/mol. The first kappa shape index (κ1) is 12.6. The minimum absolute atomic E-state index is 0.488. The van der Waals surface area contributed by atoms with E-state index in [1.807, 2.05) is 19.3 Å². The molecule has 19 heavy (non-hydrogen) atoms. The molecule has 2 aromatic heterocycles. The van der Waals surface area contributed by atoms with Crippen LogP contribution in [0.15, 0.2) is 16.7 Å². The second-order valence-corrected chi connectivity index (χ2v) is 5.78. The summed E-state index contributed by atoms with van der Waals surface area (Å²) in [5.41, 5.74) is 7.80. The molecule has 2 N–H and O–H groups in total. The molecule has 5 nitrogen and oxygen atoms in total. The van der Waals surface area contributed by atoms with Crippen LogP contribution in [0.5, 0.6) is 0 Å². The molecule has 1 aliphatic carbocycles. The van der Waals surface area contributed by atoms with Crippen molar-refractivity contribution in [1.82, 2.24) is 19.7 Å². The maximum atomic E-state index is 6.00. The molecular formula is C13H16BrN5. The molecule has 0 aliphatic heterocycles. The number of hydrogen-bond donors (Lipinski definition) is 1. The number of rotatable bonds is 2. The van der Waals surface area contributed by atoms with E-state index in [0.717, 1.165) is 15.9 Å². The van der Waals surface area contributed by atoms with Crippen LogP contribution < -0.4 is 5.73 Å². The van der Waals surface area contributed by atoms with Crippen LogP contribution in [0.4, 0.5) is 5.82 Å². The Morgan fingerprint density at radius 3 is 2.68 bits per heavy atom. The highest BCUT2D eigenvalue weighted by molar-refractivity contribution is 9.10. The van der Waals surface area contributed by atoms with Crippen LogP contribution >= 0.6 is 15.9 Å². The van der Waals surface area contributed by atoms with E-state index in [-0.39, 0.29) is 0 Å². The second-order valence-electron chi connectivity index (χ2n) is 4.99. The van der Waals surface area contributed by atoms with E-state index in [2.05, 4.69) is 31.0 Å². The minimum atomic E-state index is 0.488. The Morgan fingerprint density at radius 2 is 2.05 bits per heavy atom. The first-order valence-electron chi connectivity index (χ1n) is 6.48. The van der Waals surface area contributed by atoms with Crippen molar-refractivity contribution < 1.29 is 0 Å². The maximum Gasteiger partial charge on any atom is 0.182 e. The molecule has 6 heteroatoms. The van der Waals surface area contributed by atoms with Gasteiger partial charge in [0.05, 0.1) is 10.2 Å². The zero-order valence-electron chi connectivity index (χ0n) is 10.8. The lowest BCUT2D eigenvalue weighted by Crippen LogP contribution is -2.06. The number of aromatic nitrogens is 4. The summed E-state index contributed by atoms with van der Waals surface area (Å²) in [7, 11) is 1.88. The first-order valence-corrected chi connectivity index (χ1v) is 7.27. The second kappa shape index (κ2) is 4.92. The maximum absolute atomic E-state index is 6.00. The molecule has 3 rings (SSSR count). The lowest BCUT2D eigenvalue weighted by molar-refractivity contribution is 0.690. The fraction of sp³-hybridized carbons (Fsp3) is 0.462. The summed E-state index contributed by atoms with van der Waals surface area (Å²) in [5.74, 6) is 1.60. The Kier molecular flexibility index (Phi) is 3.26. The van der Waals surface area contributed by atoms with Crippen molar-refractivity contribution in [3.63, 3.8) is 0 Å². The highest BCUT2D eigenvalue weighted by Crippen LogP contribution is 2.38. The number of aryl methyl sites for hydroxylation is 1. The predicted molar refractivity (Wildman–Crippen MR) is 77.6 cm³/mol. The molecule has 0 aromatic carbocycles. The third-order valence-corrected chi connectivity index (χ3v) is 4.40. The van der Waals surface area contributed by atoms with E-state index in [9.17, 15) is 0 Å². The highest BCUT2D eigenvalue weighted by Gasteiger charge is 2.23. The van der Waals surface area contributed by atoms with Crippen molar-refractivity contribution in [3.05, 3.63) is 22.4 Å². The molecule has 2 heterocycles. The normalized spacial score (nSPS) is 16.1. The van der Waals surface area contributed by atoms with Crippen molar-refractivity contribution in [2.45, 2.75) is 31.6 Å². The molecule has 0 spiro atoms. The summed E-state index contributed by atoms with van der Waals surface area (Å²) >= 11 is 3.53. The van der Waals surface area contributed by atoms with Crippen LogP contribution in [0, 0.1) is 0 Å². The van der Waals surface area contributed by atoms with Gasteiger partial charge in [-0.3, -0.25) is 4.68 Å². The molecule has 1 fully saturated rings. The lowest BCUT2D eigenvalue weighted by atomic mass is 10.0. The van der Waals surface area contributed by atoms with Crippen LogP contribution in [0.2, 0.25) is 0 Å². The number of halogens is 1. The fourth-order valence-corrected chi connectivity index (χ4v) is 3.10. The Hall–Kier alpha value is -1.43. The van der Waals surface area contributed by atoms with Crippen molar-refractivity contribution in [2.75, 3.05) is 5.73 Å². The Morgan fingerprint density at radius 1 is 1.32 bits per heavy atom. The molecule has 1 aliphatic rings. The van der Waals surface area contributed by atoms with Gasteiger partial charge in [0.25, 0.3) is 0 Å². The molecule has 1 saturated carbocycles. The van der Waals surface area contributed by atoms with E-state index in [1.54, 1.807) is 4.68 Å². The van der Waals surface area contributed by atoms with Gasteiger partial charge in [0, 0.05) is 19.2 Å². The van der Waals surface area contributed by atoms with Gasteiger partial charge in [0.2, 0.25) is 0 Å². The number of nitrogens with two attached hydrogens (primary N) is 1. The average Bonchev–Trinajstić information content (AvgIpc) is 3.03. The Bertz CT molecular complexity index is 601. The molecule has 100 valence electrons. The molecule has 0 amide bonds. The van der Waals surface area contributed by atoms with Crippen molar-refractivity contribution in [2.24, 2.45) is 7.05 Å². The van der Waals surface area contributed by atoms with Gasteiger partial charge in [-0.2, -0.15) is 5.10 Å². The highest BCUT2D eigenvalue weighted by atomic mass is 79.9. The molecule has 0 bridgehead atoms. The minimum Gasteiger partial charge on any atom is -0.383 e. The van der Waals surface area contributed by atoms with E-state index in [4.69, 9.17) is 5.73 Å². The van der Waals surface area contributed by atoms with Crippen molar-refractivity contribution in [3.8, 4) is 11.5 Å². The van der Waals surface area contributed by atoms with Crippen LogP contribution in [-0.2, 0) is 7.05 Å². The van der Waals surface area contributed by atoms with Crippen LogP contribution in [0.1, 0.15) is 37.3 Å². The average molecular weight is 322 g/mol. The number of anilines is 1. The smallest absolute Gasteiger partial charge is 0.182 e. The number of nitrogens with zero attached hydrogens (tertiary/aromatic N) is 4. The summed E-state index contributed by atoms with van der Waals surface area (Å²) in [6.45, 7) is 0. The number of nitrogen functional groups attached to an aromatic ring is 1. The summed E-state index contributed by atoms with van der Waals surface area (Å²) in [5, 5.41) is 4.34. The van der Waals surface area contributed by atoms with Gasteiger partial charge < -0.3 is 5.73 Å². The van der Waals surface area contributed by atoms with Gasteiger partial charge in [0.15, 0.2) is 5.82 Å². The van der Waals surface area contributed by atoms with Crippen LogP contribution in [-0.4, -0.2) is 19.7 Å². The standard InChI is InChI=1S/C13H16BrN5/c1-19-7-6-9(18-19)13-16-11(8-4-2-3-5-8)10(14)12(15)17-13/h6-8H,2-5H2,1H3,(H2,15,16,17). The van der Waals surface area contributed by atoms with Gasteiger partial charge in [-0.1, -0.05) is 12.8 Å². The third kappa shape index (κ3) is 2.36. The Labute approximate surface area is 120 Å². The number of hydrogen-bond acceptors (Lipinski definition) is 4. The van der Waals surface area contributed by atoms with E-state index in [1.165, 1.54) is 25.7 Å². The van der Waals surface area contributed by atoms with Crippen molar-refractivity contribution >= 4 is 21.7 Å². The summed E-state index contributed by atoms with van der Waals surface area (Å²) in [4.78, 5) is 9.02. The molecule has 0 atom stereocenters. The topological polar surface area (TPSA) is 69.6 Å². The summed E-state index contributed by atoms with van der Waals surface area (Å²) in [6, 6.07) is 1.90. The van der Waals surface area contributed by atoms with Crippen LogP contribution in [0.25, 0.3) is 11.5 Å². The third-order valence-electron chi connectivity index (χ3n) is 3.59. The Balaban J connectivity index is 2.06. The zero-order valence-corrected chi connectivity index (χ0v) is 12.4. The lowest BCUT2D eigenvalue weighted by Gasteiger charge is -2.13. The van der Waals surface area contributed by atoms with Gasteiger partial charge in [-0.25, -0.2) is 9.97 Å². The van der Waals surface area contributed by atoms with E-state index in [0.29, 0.717) is 17.6 Å². The van der Waals surface area contributed by atoms with Gasteiger partial charge >= 0.3 is 0 Å². The zero-order chi connectivity index (χ0) is 13.4. The van der Waals surface area contributed by atoms with E-state index < -0.39 is 0 Å². The molecule has 0 saturated heterocycles. The van der Waals surface area contributed by atoms with Crippen molar-refractivity contribution in [1.29, 1.82) is 0 Å². The largest absolute Gasteiger partial charge is 0.383 e. The van der Waals surface area contributed by atoms with Crippen LogP contribution in [0.3, 0.4) is 0 Å². The van der Waals surface area contributed by atoms with E-state index >= 15 is 0 Å². The molecule has 0 radical (unpaired) electrons. The van der Waals surface area contributed by atoms with Gasteiger partial charge in [-0.15, -0.1) is 0 Å². The quantitative estimate of drug-likeness (QED) is 0.923. The fourth-order valence-electron chi connectivity index (χ4n) is 2.60. The summed E-state index contributed by atoms with van der Waals surface area (Å²) < 4.78 is 2.59. The predicted octanol–water partition coefficient (Wildman–Crippen LogP) is 2.88. The van der Waals surface area contributed by atoms with Gasteiger partial charge in [0.1, 0.15) is 11.5 Å². The van der Waals surface area contributed by atoms with Gasteiger partial charge in [-0.05, 0) is 34.8 Å². The molecule has 0 unspecified atom stereocenters. The first-order chi connectivity index (χ1) is 9.15. The summed E-state index contributed by atoms with van der Waals surface area (Å²) in [6.07, 6.45) is 6.76. The SMILES string of the molecule is Cn1ccc(-c2nc(N)c(Br)c(C3CCCC3)n2)n1.